The third kappa shape index (κ3) is 6.12. The number of rotatable bonds is 7. The highest BCUT2D eigenvalue weighted by Crippen LogP contribution is 2.28. The van der Waals surface area contributed by atoms with Crippen molar-refractivity contribution in [1.82, 2.24) is 4.98 Å². The number of ether oxygens (including phenoxy) is 1. The summed E-state index contributed by atoms with van der Waals surface area (Å²) >= 11 is 7.64. The molecule has 1 heterocycles. The van der Waals surface area contributed by atoms with Gasteiger partial charge < -0.3 is 10.1 Å². The van der Waals surface area contributed by atoms with E-state index in [9.17, 15) is 4.79 Å². The van der Waals surface area contributed by atoms with Crippen molar-refractivity contribution in [2.24, 2.45) is 5.92 Å². The molecular formula is C17H19ClN2O2S. The molecule has 6 heteroatoms. The number of carbonyl (C=O) groups excluding carboxylic acids is 1. The summed E-state index contributed by atoms with van der Waals surface area (Å²) in [6.07, 6.45) is 3.41. The average molecular weight is 351 g/mol. The summed E-state index contributed by atoms with van der Waals surface area (Å²) in [6, 6.07) is 9.00. The molecular weight excluding hydrogens is 332 g/mol. The monoisotopic (exact) mass is 350 g/mol. The maximum Gasteiger partial charge on any atom is 0.234 e. The van der Waals surface area contributed by atoms with Gasteiger partial charge in [-0.2, -0.15) is 0 Å². The van der Waals surface area contributed by atoms with Crippen LogP contribution in [-0.4, -0.2) is 23.3 Å². The molecule has 0 saturated heterocycles. The van der Waals surface area contributed by atoms with Gasteiger partial charge in [-0.3, -0.25) is 9.78 Å². The standard InChI is InChI=1S/C17H19ClN2O2S/c1-12(2)10-22-16-4-3-13(9-15(16)18)20-17(21)11-23-14-5-7-19-8-6-14/h3-9,12H,10-11H2,1-2H3,(H,20,21). The first-order valence-electron chi connectivity index (χ1n) is 7.29. The molecule has 1 N–H and O–H groups in total. The van der Waals surface area contributed by atoms with Crippen LogP contribution in [0.25, 0.3) is 0 Å². The highest BCUT2D eigenvalue weighted by Gasteiger charge is 2.08. The van der Waals surface area contributed by atoms with Crippen molar-refractivity contribution in [3.63, 3.8) is 0 Å². The number of thioether (sulfide) groups is 1. The number of nitrogens with zero attached hydrogens (tertiary/aromatic N) is 1. The first-order valence-corrected chi connectivity index (χ1v) is 8.66. The van der Waals surface area contributed by atoms with Gasteiger partial charge in [0.25, 0.3) is 0 Å². The van der Waals surface area contributed by atoms with Gasteiger partial charge in [0.15, 0.2) is 0 Å². The number of amides is 1. The second kappa shape index (κ2) is 8.79. The third-order valence-electron chi connectivity index (χ3n) is 2.81. The lowest BCUT2D eigenvalue weighted by atomic mass is 10.2. The molecule has 0 atom stereocenters. The maximum atomic E-state index is 12.0. The first-order chi connectivity index (χ1) is 11.0. The number of nitrogens with one attached hydrogen (secondary N) is 1. The minimum atomic E-state index is -0.0845. The van der Waals surface area contributed by atoms with Crippen LogP contribution in [0, 0.1) is 5.92 Å². The Labute approximate surface area is 145 Å². The van der Waals surface area contributed by atoms with Gasteiger partial charge in [-0.05, 0) is 36.2 Å². The molecule has 0 saturated carbocycles. The number of hydrogen-bond donors (Lipinski definition) is 1. The molecule has 0 spiro atoms. The Balaban J connectivity index is 1.87. The number of carbonyl (C=O) groups is 1. The lowest BCUT2D eigenvalue weighted by molar-refractivity contribution is -0.113. The largest absolute Gasteiger partial charge is 0.492 e. The molecule has 1 aromatic heterocycles. The quantitative estimate of drug-likeness (QED) is 0.747. The van der Waals surface area contributed by atoms with E-state index in [1.807, 2.05) is 12.1 Å². The summed E-state index contributed by atoms with van der Waals surface area (Å²) in [5.41, 5.74) is 0.659. The van der Waals surface area contributed by atoms with Gasteiger partial charge in [0.2, 0.25) is 5.91 Å². The molecule has 2 rings (SSSR count). The maximum absolute atomic E-state index is 12.0. The Kier molecular flexibility index (Phi) is 6.74. The zero-order chi connectivity index (χ0) is 16.7. The second-order valence-corrected chi connectivity index (χ2v) is 6.83. The van der Waals surface area contributed by atoms with Crippen molar-refractivity contribution in [3.05, 3.63) is 47.7 Å². The van der Waals surface area contributed by atoms with Crippen molar-refractivity contribution >= 4 is 35.0 Å². The van der Waals surface area contributed by atoms with Crippen molar-refractivity contribution in [3.8, 4) is 5.75 Å². The fourth-order valence-electron chi connectivity index (χ4n) is 1.73. The highest BCUT2D eigenvalue weighted by atomic mass is 35.5. The Morgan fingerprint density at radius 2 is 2.04 bits per heavy atom. The summed E-state index contributed by atoms with van der Waals surface area (Å²) < 4.78 is 5.61. The molecule has 0 fully saturated rings. The van der Waals surface area contributed by atoms with E-state index in [1.165, 1.54) is 11.8 Å². The summed E-state index contributed by atoms with van der Waals surface area (Å²) in [7, 11) is 0. The van der Waals surface area contributed by atoms with Crippen molar-refractivity contribution in [2.45, 2.75) is 18.7 Å². The topological polar surface area (TPSA) is 51.2 Å². The molecule has 0 bridgehead atoms. The minimum absolute atomic E-state index is 0.0845. The van der Waals surface area contributed by atoms with Crippen LogP contribution in [0.5, 0.6) is 5.75 Å². The molecule has 1 aromatic carbocycles. The predicted molar refractivity (Wildman–Crippen MR) is 95.4 cm³/mol. The van der Waals surface area contributed by atoms with Crippen LogP contribution in [0.1, 0.15) is 13.8 Å². The number of pyridine rings is 1. The molecule has 0 aliphatic rings. The van der Waals surface area contributed by atoms with Crippen LogP contribution in [0.15, 0.2) is 47.6 Å². The molecule has 0 aliphatic carbocycles. The van der Waals surface area contributed by atoms with E-state index < -0.39 is 0 Å². The molecule has 122 valence electrons. The van der Waals surface area contributed by atoms with Crippen molar-refractivity contribution < 1.29 is 9.53 Å². The molecule has 2 aromatic rings. The highest BCUT2D eigenvalue weighted by molar-refractivity contribution is 8.00. The summed E-state index contributed by atoms with van der Waals surface area (Å²) in [5, 5.41) is 3.32. The van der Waals surface area contributed by atoms with E-state index in [0.717, 1.165) is 4.90 Å². The minimum Gasteiger partial charge on any atom is -0.492 e. The van der Waals surface area contributed by atoms with E-state index in [-0.39, 0.29) is 5.91 Å². The summed E-state index contributed by atoms with van der Waals surface area (Å²) in [4.78, 5) is 16.9. The SMILES string of the molecule is CC(C)COc1ccc(NC(=O)CSc2ccncc2)cc1Cl. The van der Waals surface area contributed by atoms with E-state index in [1.54, 1.807) is 30.6 Å². The van der Waals surface area contributed by atoms with Crippen molar-refractivity contribution in [2.75, 3.05) is 17.7 Å². The molecule has 0 radical (unpaired) electrons. The average Bonchev–Trinajstić information content (AvgIpc) is 2.53. The van der Waals surface area contributed by atoms with E-state index in [2.05, 4.69) is 24.1 Å². The van der Waals surface area contributed by atoms with E-state index >= 15 is 0 Å². The molecule has 4 nitrogen and oxygen atoms in total. The van der Waals surface area contributed by atoms with Crippen LogP contribution in [-0.2, 0) is 4.79 Å². The molecule has 1 amide bonds. The lowest BCUT2D eigenvalue weighted by Crippen LogP contribution is -2.14. The molecule has 23 heavy (non-hydrogen) atoms. The molecule has 0 unspecified atom stereocenters. The number of aromatic nitrogens is 1. The second-order valence-electron chi connectivity index (χ2n) is 5.37. The van der Waals surface area contributed by atoms with Crippen LogP contribution in [0.2, 0.25) is 5.02 Å². The van der Waals surface area contributed by atoms with Crippen LogP contribution in [0.4, 0.5) is 5.69 Å². The van der Waals surface area contributed by atoms with E-state index in [4.69, 9.17) is 16.3 Å². The Bertz CT molecular complexity index is 650. The van der Waals surface area contributed by atoms with Crippen LogP contribution < -0.4 is 10.1 Å². The van der Waals surface area contributed by atoms with Gasteiger partial charge in [-0.25, -0.2) is 0 Å². The van der Waals surface area contributed by atoms with Gasteiger partial charge in [0, 0.05) is 23.0 Å². The smallest absolute Gasteiger partial charge is 0.234 e. The Morgan fingerprint density at radius 1 is 1.30 bits per heavy atom. The van der Waals surface area contributed by atoms with Gasteiger partial charge in [0.05, 0.1) is 17.4 Å². The number of halogens is 1. The first kappa shape index (κ1) is 17.6. The zero-order valence-electron chi connectivity index (χ0n) is 13.1. The number of anilines is 1. The fraction of sp³-hybridized carbons (Fsp3) is 0.294. The Morgan fingerprint density at radius 3 is 2.70 bits per heavy atom. The van der Waals surface area contributed by atoms with Gasteiger partial charge >= 0.3 is 0 Å². The number of benzene rings is 1. The van der Waals surface area contributed by atoms with Crippen LogP contribution in [0.3, 0.4) is 0 Å². The normalized spacial score (nSPS) is 10.6. The van der Waals surface area contributed by atoms with E-state index in [0.29, 0.717) is 34.7 Å². The van der Waals surface area contributed by atoms with Gasteiger partial charge in [-0.15, -0.1) is 11.8 Å². The third-order valence-corrected chi connectivity index (χ3v) is 4.11. The lowest BCUT2D eigenvalue weighted by Gasteiger charge is -2.12. The summed E-state index contributed by atoms with van der Waals surface area (Å²) in [6.45, 7) is 4.75. The van der Waals surface area contributed by atoms with Crippen molar-refractivity contribution in [1.29, 1.82) is 0 Å². The fourth-order valence-corrected chi connectivity index (χ4v) is 2.65. The number of hydrogen-bond acceptors (Lipinski definition) is 4. The van der Waals surface area contributed by atoms with Gasteiger partial charge in [-0.1, -0.05) is 25.4 Å². The van der Waals surface area contributed by atoms with Gasteiger partial charge in [0.1, 0.15) is 5.75 Å². The molecule has 0 aliphatic heterocycles. The summed E-state index contributed by atoms with van der Waals surface area (Å²) in [5.74, 6) is 1.30. The predicted octanol–water partition coefficient (Wildman–Crippen LogP) is 4.50. The Hall–Kier alpha value is -1.72. The van der Waals surface area contributed by atoms with Crippen LogP contribution >= 0.6 is 23.4 Å². The zero-order valence-corrected chi connectivity index (χ0v) is 14.7.